The molecule has 0 heterocycles. The summed E-state index contributed by atoms with van der Waals surface area (Å²) in [4.78, 5) is 10.7. The zero-order valence-corrected chi connectivity index (χ0v) is 10.5. The third-order valence-corrected chi connectivity index (χ3v) is 3.39. The molecule has 1 aromatic carbocycles. The van der Waals surface area contributed by atoms with Gasteiger partial charge in [0, 0.05) is 10.4 Å². The molecule has 0 saturated heterocycles. The second-order valence-electron chi connectivity index (χ2n) is 4.77. The number of carboxylic acids is 1. The third kappa shape index (κ3) is 3.13. The predicted molar refractivity (Wildman–Crippen MR) is 65.6 cm³/mol. The van der Waals surface area contributed by atoms with Crippen LogP contribution in [0.3, 0.4) is 0 Å². The predicted octanol–water partition coefficient (Wildman–Crippen LogP) is 3.28. The van der Waals surface area contributed by atoms with Crippen molar-refractivity contribution in [2.75, 3.05) is 6.61 Å². The molecule has 0 bridgehead atoms. The molecule has 92 valence electrons. The van der Waals surface area contributed by atoms with Gasteiger partial charge >= 0.3 is 5.97 Å². The minimum absolute atomic E-state index is 0.141. The Balaban J connectivity index is 1.96. The molecule has 1 aliphatic rings. The summed E-state index contributed by atoms with van der Waals surface area (Å²) in [7, 11) is 0. The van der Waals surface area contributed by atoms with E-state index >= 15 is 0 Å². The maximum Gasteiger partial charge on any atom is 0.304 e. The van der Waals surface area contributed by atoms with E-state index in [2.05, 4.69) is 0 Å². The van der Waals surface area contributed by atoms with Crippen LogP contribution in [0.2, 0.25) is 5.02 Å². The molecule has 0 atom stereocenters. The van der Waals surface area contributed by atoms with Crippen molar-refractivity contribution in [3.8, 4) is 5.75 Å². The maximum atomic E-state index is 10.7. The van der Waals surface area contributed by atoms with Gasteiger partial charge in [0.15, 0.2) is 0 Å². The molecule has 0 unspecified atom stereocenters. The number of ether oxygens (including phenoxy) is 1. The van der Waals surface area contributed by atoms with E-state index in [1.54, 1.807) is 6.07 Å². The first-order valence-electron chi connectivity index (χ1n) is 5.62. The molecule has 0 aromatic heterocycles. The normalized spacial score (nSPS) is 16.6. The fourth-order valence-electron chi connectivity index (χ4n) is 1.88. The minimum Gasteiger partial charge on any atom is -0.493 e. The first-order valence-corrected chi connectivity index (χ1v) is 5.99. The van der Waals surface area contributed by atoms with Crippen LogP contribution < -0.4 is 4.74 Å². The molecule has 0 spiro atoms. The Morgan fingerprint density at radius 1 is 1.53 bits per heavy atom. The number of carboxylic acid groups (broad SMARTS) is 1. The molecule has 0 aliphatic heterocycles. The van der Waals surface area contributed by atoms with Crippen molar-refractivity contribution in [3.05, 3.63) is 28.8 Å². The Hall–Kier alpha value is -1.22. The van der Waals surface area contributed by atoms with Crippen molar-refractivity contribution in [2.24, 2.45) is 5.41 Å². The Bertz CT molecular complexity index is 438. The Morgan fingerprint density at radius 2 is 2.24 bits per heavy atom. The summed E-state index contributed by atoms with van der Waals surface area (Å²) in [6.45, 7) is 2.40. The van der Waals surface area contributed by atoms with Crippen LogP contribution in [0.1, 0.15) is 24.8 Å². The number of hydrogen-bond donors (Lipinski definition) is 1. The van der Waals surface area contributed by atoms with E-state index in [1.165, 1.54) is 0 Å². The van der Waals surface area contributed by atoms with E-state index < -0.39 is 5.97 Å². The molecule has 0 amide bonds. The Morgan fingerprint density at radius 3 is 2.76 bits per heavy atom. The number of hydrogen-bond acceptors (Lipinski definition) is 2. The summed E-state index contributed by atoms with van der Waals surface area (Å²) < 4.78 is 5.70. The van der Waals surface area contributed by atoms with Crippen molar-refractivity contribution in [1.82, 2.24) is 0 Å². The Kier molecular flexibility index (Phi) is 3.29. The lowest BCUT2D eigenvalue weighted by molar-refractivity contribution is -0.138. The molecule has 2 rings (SSSR count). The van der Waals surface area contributed by atoms with Gasteiger partial charge in [-0.2, -0.15) is 0 Å². The summed E-state index contributed by atoms with van der Waals surface area (Å²) in [6, 6.07) is 5.45. The highest BCUT2D eigenvalue weighted by Gasteiger charge is 2.45. The van der Waals surface area contributed by atoms with E-state index in [0.29, 0.717) is 11.6 Å². The zero-order chi connectivity index (χ0) is 12.5. The first-order chi connectivity index (χ1) is 8.01. The fraction of sp³-hybridized carbons (Fsp3) is 0.462. The minimum atomic E-state index is -0.751. The van der Waals surface area contributed by atoms with Gasteiger partial charge in [-0.25, -0.2) is 0 Å². The molecule has 1 saturated carbocycles. The van der Waals surface area contributed by atoms with Gasteiger partial charge in [-0.1, -0.05) is 11.6 Å². The fourth-order valence-corrected chi connectivity index (χ4v) is 2.10. The van der Waals surface area contributed by atoms with Crippen LogP contribution in [0.4, 0.5) is 0 Å². The molecule has 1 fully saturated rings. The number of rotatable bonds is 5. The molecule has 3 nitrogen and oxygen atoms in total. The average Bonchev–Trinajstić information content (AvgIpc) is 2.96. The summed E-state index contributed by atoms with van der Waals surface area (Å²) in [5.74, 6) is 0.0324. The van der Waals surface area contributed by atoms with E-state index in [9.17, 15) is 4.79 Å². The largest absolute Gasteiger partial charge is 0.493 e. The molecule has 0 radical (unpaired) electrons. The van der Waals surface area contributed by atoms with Crippen LogP contribution in [0.15, 0.2) is 18.2 Å². The highest BCUT2D eigenvalue weighted by Crippen LogP contribution is 2.49. The van der Waals surface area contributed by atoms with Gasteiger partial charge in [0.05, 0.1) is 13.0 Å². The van der Waals surface area contributed by atoms with E-state index in [-0.39, 0.29) is 11.8 Å². The number of carbonyl (C=O) groups is 1. The SMILES string of the molecule is Cc1cc(Cl)ccc1OCC1(CC(=O)O)CC1. The van der Waals surface area contributed by atoms with Crippen molar-refractivity contribution < 1.29 is 14.6 Å². The number of aryl methyl sites for hydroxylation is 1. The molecule has 1 N–H and O–H groups in total. The number of halogens is 1. The molecule has 1 aliphatic carbocycles. The topological polar surface area (TPSA) is 46.5 Å². The number of benzene rings is 1. The molecular weight excluding hydrogens is 240 g/mol. The van der Waals surface area contributed by atoms with E-state index in [0.717, 1.165) is 24.2 Å². The lowest BCUT2D eigenvalue weighted by atomic mass is 10.0. The zero-order valence-electron chi connectivity index (χ0n) is 9.70. The van der Waals surface area contributed by atoms with Crippen LogP contribution in [0.5, 0.6) is 5.75 Å². The highest BCUT2D eigenvalue weighted by molar-refractivity contribution is 6.30. The van der Waals surface area contributed by atoms with Crippen molar-refractivity contribution in [1.29, 1.82) is 0 Å². The summed E-state index contributed by atoms with van der Waals surface area (Å²) in [6.07, 6.45) is 2.07. The van der Waals surface area contributed by atoms with Crippen molar-refractivity contribution >= 4 is 17.6 Å². The quantitative estimate of drug-likeness (QED) is 0.877. The second kappa shape index (κ2) is 4.57. The third-order valence-electron chi connectivity index (χ3n) is 3.15. The monoisotopic (exact) mass is 254 g/mol. The standard InChI is InChI=1S/C13H15ClO3/c1-9-6-10(14)2-3-11(9)17-8-13(4-5-13)7-12(15)16/h2-3,6H,4-5,7-8H2,1H3,(H,15,16). The van der Waals surface area contributed by atoms with Crippen molar-refractivity contribution in [2.45, 2.75) is 26.2 Å². The van der Waals surface area contributed by atoms with Gasteiger partial charge in [-0.05, 0) is 43.5 Å². The molecule has 17 heavy (non-hydrogen) atoms. The summed E-state index contributed by atoms with van der Waals surface area (Å²) in [5, 5.41) is 9.49. The van der Waals surface area contributed by atoms with E-state index in [1.807, 2.05) is 19.1 Å². The first kappa shape index (κ1) is 12.2. The van der Waals surface area contributed by atoms with Gasteiger partial charge in [-0.15, -0.1) is 0 Å². The molecule has 1 aromatic rings. The van der Waals surface area contributed by atoms with Gasteiger partial charge in [-0.3, -0.25) is 4.79 Å². The van der Waals surface area contributed by atoms with Crippen LogP contribution in [0, 0.1) is 12.3 Å². The summed E-state index contributed by atoms with van der Waals surface area (Å²) >= 11 is 5.85. The van der Waals surface area contributed by atoms with Crippen LogP contribution >= 0.6 is 11.6 Å². The van der Waals surface area contributed by atoms with Crippen molar-refractivity contribution in [3.63, 3.8) is 0 Å². The molecule has 4 heteroatoms. The van der Waals surface area contributed by atoms with Gasteiger partial charge in [0.25, 0.3) is 0 Å². The lowest BCUT2D eigenvalue weighted by Crippen LogP contribution is -2.17. The Labute approximate surface area is 105 Å². The highest BCUT2D eigenvalue weighted by atomic mass is 35.5. The van der Waals surface area contributed by atoms with Gasteiger partial charge in [0.1, 0.15) is 5.75 Å². The van der Waals surface area contributed by atoms with Crippen LogP contribution in [-0.2, 0) is 4.79 Å². The van der Waals surface area contributed by atoms with Crippen LogP contribution in [-0.4, -0.2) is 17.7 Å². The second-order valence-corrected chi connectivity index (χ2v) is 5.21. The lowest BCUT2D eigenvalue weighted by Gasteiger charge is -2.15. The van der Waals surface area contributed by atoms with E-state index in [4.69, 9.17) is 21.4 Å². The smallest absolute Gasteiger partial charge is 0.304 e. The summed E-state index contributed by atoms with van der Waals surface area (Å²) in [5.41, 5.74) is 0.835. The van der Waals surface area contributed by atoms with Crippen LogP contribution in [0.25, 0.3) is 0 Å². The maximum absolute atomic E-state index is 10.7. The van der Waals surface area contributed by atoms with Gasteiger partial charge < -0.3 is 9.84 Å². The average molecular weight is 255 g/mol. The molecular formula is C13H15ClO3. The number of aliphatic carboxylic acids is 1. The van der Waals surface area contributed by atoms with Gasteiger partial charge in [0.2, 0.25) is 0 Å².